The molecule has 146 valence electrons. The van der Waals surface area contributed by atoms with Crippen LogP contribution in [0.15, 0.2) is 11.3 Å². The van der Waals surface area contributed by atoms with Crippen molar-refractivity contribution >= 4 is 11.9 Å². The van der Waals surface area contributed by atoms with Crippen molar-refractivity contribution < 1.29 is 27.5 Å². The lowest BCUT2D eigenvalue weighted by Crippen LogP contribution is -2.55. The number of hydrogen-bond acceptors (Lipinski definition) is 4. The molecular weight excluding hydrogens is 349 g/mol. The number of Topliss-reactive ketones (excluding diaryl/α,β-unsaturated/α-hetero) is 1. The molecule has 0 unspecified atom stereocenters. The standard InChI is InChI=1S/C18H25F3N2O3/c1-16(2,3)26-15(25)23-9-7-22(8-10-23)12-11-17(5-4-6-17)13(12)14(24)18(19,20)21/h4-11H2,1-3H3. The van der Waals surface area contributed by atoms with E-state index in [2.05, 4.69) is 0 Å². The SMILES string of the molecule is CC(C)(C)OC(=O)N1CCN(C2=C(C(=O)C(F)(F)F)C3(CCC3)C2)CC1. The second-order valence-electron chi connectivity index (χ2n) is 8.41. The van der Waals surface area contributed by atoms with Crippen molar-refractivity contribution in [2.24, 2.45) is 5.41 Å². The molecule has 26 heavy (non-hydrogen) atoms. The maximum Gasteiger partial charge on any atom is 0.454 e. The van der Waals surface area contributed by atoms with Crippen LogP contribution < -0.4 is 0 Å². The molecule has 1 heterocycles. The predicted octanol–water partition coefficient (Wildman–Crippen LogP) is 3.50. The molecule has 1 amide bonds. The van der Waals surface area contributed by atoms with E-state index in [9.17, 15) is 22.8 Å². The van der Waals surface area contributed by atoms with Crippen molar-refractivity contribution in [3.8, 4) is 0 Å². The summed E-state index contributed by atoms with van der Waals surface area (Å²) in [7, 11) is 0. The van der Waals surface area contributed by atoms with Gasteiger partial charge >= 0.3 is 12.3 Å². The fourth-order valence-corrected chi connectivity index (χ4v) is 4.00. The van der Waals surface area contributed by atoms with Gasteiger partial charge in [0.05, 0.1) is 0 Å². The number of carbonyl (C=O) groups excluding carboxylic acids is 2. The number of amides is 1. The second-order valence-corrected chi connectivity index (χ2v) is 8.41. The van der Waals surface area contributed by atoms with E-state index < -0.39 is 29.1 Å². The third-order valence-corrected chi connectivity index (χ3v) is 5.43. The lowest BCUT2D eigenvalue weighted by molar-refractivity contribution is -0.170. The van der Waals surface area contributed by atoms with Gasteiger partial charge in [-0.25, -0.2) is 4.79 Å². The smallest absolute Gasteiger partial charge is 0.444 e. The van der Waals surface area contributed by atoms with E-state index in [1.54, 1.807) is 25.7 Å². The van der Waals surface area contributed by atoms with Crippen LogP contribution >= 0.6 is 0 Å². The predicted molar refractivity (Wildman–Crippen MR) is 88.4 cm³/mol. The molecule has 1 spiro atoms. The number of ketones is 1. The van der Waals surface area contributed by atoms with Crippen LogP contribution in [0.5, 0.6) is 0 Å². The zero-order valence-electron chi connectivity index (χ0n) is 15.4. The van der Waals surface area contributed by atoms with E-state index in [1.807, 2.05) is 4.90 Å². The van der Waals surface area contributed by atoms with Gasteiger partial charge in [0.2, 0.25) is 0 Å². The number of hydrogen-bond donors (Lipinski definition) is 0. The first-order valence-electron chi connectivity index (χ1n) is 9.01. The summed E-state index contributed by atoms with van der Waals surface area (Å²) in [6.07, 6.45) is -2.52. The molecule has 3 rings (SSSR count). The Balaban J connectivity index is 1.69. The molecule has 2 fully saturated rings. The number of ether oxygens (including phenoxy) is 1. The second kappa shape index (κ2) is 6.16. The number of carbonyl (C=O) groups is 2. The largest absolute Gasteiger partial charge is 0.454 e. The Bertz CT molecular complexity index is 637. The lowest BCUT2D eigenvalue weighted by atomic mass is 9.53. The Hall–Kier alpha value is -1.73. The molecule has 0 radical (unpaired) electrons. The van der Waals surface area contributed by atoms with Gasteiger partial charge in [0, 0.05) is 42.9 Å². The van der Waals surface area contributed by atoms with Gasteiger partial charge in [-0.1, -0.05) is 6.42 Å². The summed E-state index contributed by atoms with van der Waals surface area (Å²) in [6.45, 7) is 6.94. The highest BCUT2D eigenvalue weighted by molar-refractivity contribution is 6.03. The fraction of sp³-hybridized carbons (Fsp3) is 0.778. The molecule has 2 aliphatic carbocycles. The van der Waals surface area contributed by atoms with Crippen molar-refractivity contribution in [3.63, 3.8) is 0 Å². The van der Waals surface area contributed by atoms with Crippen molar-refractivity contribution in [3.05, 3.63) is 11.3 Å². The monoisotopic (exact) mass is 374 g/mol. The van der Waals surface area contributed by atoms with Crippen LogP contribution in [0.2, 0.25) is 0 Å². The highest BCUT2D eigenvalue weighted by Gasteiger charge is 2.58. The lowest BCUT2D eigenvalue weighted by Gasteiger charge is -2.55. The number of rotatable bonds is 2. The summed E-state index contributed by atoms with van der Waals surface area (Å²) in [5.74, 6) is -1.69. The summed E-state index contributed by atoms with van der Waals surface area (Å²) in [4.78, 5) is 27.4. The highest BCUT2D eigenvalue weighted by atomic mass is 19.4. The zero-order valence-corrected chi connectivity index (χ0v) is 15.4. The first-order chi connectivity index (χ1) is 11.9. The average molecular weight is 374 g/mol. The molecule has 3 aliphatic rings. The van der Waals surface area contributed by atoms with E-state index in [-0.39, 0.29) is 5.57 Å². The average Bonchev–Trinajstić information content (AvgIpc) is 2.42. The van der Waals surface area contributed by atoms with Crippen LogP contribution in [-0.4, -0.2) is 59.6 Å². The van der Waals surface area contributed by atoms with Crippen molar-refractivity contribution in [1.82, 2.24) is 9.80 Å². The van der Waals surface area contributed by atoms with E-state index >= 15 is 0 Å². The van der Waals surface area contributed by atoms with Crippen LogP contribution in [0.3, 0.4) is 0 Å². The minimum atomic E-state index is -4.83. The number of allylic oxidation sites excluding steroid dienone is 2. The van der Waals surface area contributed by atoms with Crippen LogP contribution in [-0.2, 0) is 9.53 Å². The van der Waals surface area contributed by atoms with Crippen LogP contribution in [0.1, 0.15) is 46.5 Å². The molecule has 0 aromatic heterocycles. The van der Waals surface area contributed by atoms with Crippen molar-refractivity contribution in [2.75, 3.05) is 26.2 Å². The molecule has 1 saturated heterocycles. The molecule has 0 atom stereocenters. The van der Waals surface area contributed by atoms with Gasteiger partial charge < -0.3 is 14.5 Å². The molecule has 0 aromatic carbocycles. The quantitative estimate of drug-likeness (QED) is 0.742. The van der Waals surface area contributed by atoms with E-state index in [0.717, 1.165) is 6.42 Å². The summed E-state index contributed by atoms with van der Waals surface area (Å²) in [5.41, 5.74) is -0.643. The minimum Gasteiger partial charge on any atom is -0.444 e. The van der Waals surface area contributed by atoms with Crippen LogP contribution in [0, 0.1) is 5.41 Å². The molecule has 1 aliphatic heterocycles. The maximum atomic E-state index is 13.0. The summed E-state index contributed by atoms with van der Waals surface area (Å²) < 4.78 is 44.4. The highest BCUT2D eigenvalue weighted by Crippen LogP contribution is 2.61. The minimum absolute atomic E-state index is 0.0260. The van der Waals surface area contributed by atoms with Gasteiger partial charge in [0.25, 0.3) is 5.78 Å². The normalized spacial score (nSPS) is 22.8. The van der Waals surface area contributed by atoms with Gasteiger partial charge in [-0.15, -0.1) is 0 Å². The summed E-state index contributed by atoms with van der Waals surface area (Å²) in [6, 6.07) is 0. The fourth-order valence-electron chi connectivity index (χ4n) is 4.00. The molecule has 8 heteroatoms. The first-order valence-corrected chi connectivity index (χ1v) is 9.01. The Kier molecular flexibility index (Phi) is 4.51. The number of halogens is 3. The molecule has 0 bridgehead atoms. The topological polar surface area (TPSA) is 49.9 Å². The third-order valence-electron chi connectivity index (χ3n) is 5.43. The molecule has 0 aromatic rings. The molecule has 5 nitrogen and oxygen atoms in total. The molecule has 1 saturated carbocycles. The van der Waals surface area contributed by atoms with Gasteiger partial charge in [-0.3, -0.25) is 4.79 Å². The number of piperazine rings is 1. The maximum absolute atomic E-state index is 13.0. The summed E-state index contributed by atoms with van der Waals surface area (Å²) >= 11 is 0. The van der Waals surface area contributed by atoms with Crippen LogP contribution in [0.25, 0.3) is 0 Å². The zero-order chi connectivity index (χ0) is 19.3. The number of alkyl halides is 3. The summed E-state index contributed by atoms with van der Waals surface area (Å²) in [5, 5.41) is 0. The van der Waals surface area contributed by atoms with Crippen molar-refractivity contribution in [1.29, 1.82) is 0 Å². The van der Waals surface area contributed by atoms with Gasteiger partial charge in [0.15, 0.2) is 0 Å². The van der Waals surface area contributed by atoms with Gasteiger partial charge in [0.1, 0.15) is 5.60 Å². The van der Waals surface area contributed by atoms with E-state index in [1.165, 1.54) is 0 Å². The number of nitrogens with zero attached hydrogens (tertiary/aromatic N) is 2. The van der Waals surface area contributed by atoms with Gasteiger partial charge in [-0.2, -0.15) is 13.2 Å². The third kappa shape index (κ3) is 3.42. The molecular formula is C18H25F3N2O3. The Labute approximate surface area is 151 Å². The van der Waals surface area contributed by atoms with Crippen molar-refractivity contribution in [2.45, 2.75) is 58.2 Å². The van der Waals surface area contributed by atoms with E-state index in [0.29, 0.717) is 51.1 Å². The van der Waals surface area contributed by atoms with Crippen LogP contribution in [0.4, 0.5) is 18.0 Å². The van der Waals surface area contributed by atoms with E-state index in [4.69, 9.17) is 4.74 Å². The van der Waals surface area contributed by atoms with Gasteiger partial charge in [-0.05, 0) is 40.0 Å². The first kappa shape index (κ1) is 19.0. The Morgan fingerprint density at radius 2 is 1.62 bits per heavy atom. The Morgan fingerprint density at radius 3 is 2.04 bits per heavy atom. The molecule has 0 N–H and O–H groups in total. The Morgan fingerprint density at radius 1 is 1.04 bits per heavy atom.